The van der Waals surface area contributed by atoms with Crippen LogP contribution in [0.4, 0.5) is 10.1 Å². The van der Waals surface area contributed by atoms with Crippen molar-refractivity contribution in [2.24, 2.45) is 0 Å². The van der Waals surface area contributed by atoms with Crippen molar-refractivity contribution in [1.29, 1.82) is 0 Å². The lowest BCUT2D eigenvalue weighted by Crippen LogP contribution is -2.24. The minimum Gasteiger partial charge on any atom is -0.772 e. The van der Waals surface area contributed by atoms with Crippen molar-refractivity contribution in [3.05, 3.63) is 111 Å². The van der Waals surface area contributed by atoms with E-state index < -0.39 is 27.4 Å². The van der Waals surface area contributed by atoms with Gasteiger partial charge in [-0.1, -0.05) is 59.6 Å². The van der Waals surface area contributed by atoms with E-state index in [1.54, 1.807) is 30.3 Å². The molecule has 8 nitrogen and oxygen atoms in total. The second-order valence-corrected chi connectivity index (χ2v) is 7.94. The van der Waals surface area contributed by atoms with Crippen LogP contribution in [0.15, 0.2) is 83.8 Å². The molecule has 0 spiro atoms. The first-order valence-corrected chi connectivity index (χ1v) is 10.9. The van der Waals surface area contributed by atoms with Gasteiger partial charge in [-0.25, -0.2) is 4.39 Å². The Hall–Kier alpha value is -4.02. The van der Waals surface area contributed by atoms with Gasteiger partial charge in [0.15, 0.2) is 0 Å². The predicted octanol–water partition coefficient (Wildman–Crippen LogP) is 3.99. The molecule has 4 rings (SSSR count). The Morgan fingerprint density at radius 2 is 1.61 bits per heavy atom. The molecule has 1 atom stereocenters. The Labute approximate surface area is 189 Å². The van der Waals surface area contributed by atoms with Gasteiger partial charge in [-0.2, -0.15) is 9.78 Å². The van der Waals surface area contributed by atoms with Gasteiger partial charge in [0.25, 0.3) is 11.2 Å². The summed E-state index contributed by atoms with van der Waals surface area (Å²) < 4.78 is 36.4. The van der Waals surface area contributed by atoms with E-state index in [9.17, 15) is 28.1 Å². The topological polar surface area (TPSA) is 118 Å². The van der Waals surface area contributed by atoms with E-state index in [1.807, 2.05) is 0 Å². The minimum absolute atomic E-state index is 0.00400. The fourth-order valence-electron chi connectivity index (χ4n) is 3.45. The highest BCUT2D eigenvalue weighted by molar-refractivity contribution is 7.78. The molecule has 0 aliphatic rings. The molecule has 3 aromatic carbocycles. The number of halogens is 1. The molecule has 4 aromatic rings. The normalized spacial score (nSPS) is 11.8. The molecule has 0 bridgehead atoms. The van der Waals surface area contributed by atoms with E-state index in [2.05, 4.69) is 5.10 Å². The van der Waals surface area contributed by atoms with Gasteiger partial charge in [0.2, 0.25) is 0 Å². The van der Waals surface area contributed by atoms with Crippen molar-refractivity contribution >= 4 is 16.8 Å². The Kier molecular flexibility index (Phi) is 6.20. The Balaban J connectivity index is 1.94. The van der Waals surface area contributed by atoms with Gasteiger partial charge in [-0.05, 0) is 34.9 Å². The molecule has 166 valence electrons. The molecule has 10 heteroatoms. The quantitative estimate of drug-likeness (QED) is 0.242. The van der Waals surface area contributed by atoms with Crippen LogP contribution in [0.3, 0.4) is 0 Å². The van der Waals surface area contributed by atoms with Crippen LogP contribution >= 0.6 is 0 Å². The van der Waals surface area contributed by atoms with E-state index in [1.165, 1.54) is 48.7 Å². The molecule has 0 aliphatic heterocycles. The lowest BCUT2D eigenvalue weighted by atomic mass is 9.96. The molecule has 33 heavy (non-hydrogen) atoms. The lowest BCUT2D eigenvalue weighted by molar-refractivity contribution is -0.384. The lowest BCUT2D eigenvalue weighted by Gasteiger charge is -2.13. The van der Waals surface area contributed by atoms with E-state index in [4.69, 9.17) is 0 Å². The van der Waals surface area contributed by atoms with Crippen molar-refractivity contribution in [3.63, 3.8) is 0 Å². The zero-order valence-corrected chi connectivity index (χ0v) is 17.7. The molecule has 0 amide bonds. The van der Waals surface area contributed by atoms with Crippen molar-refractivity contribution in [1.82, 2.24) is 9.78 Å². The summed E-state index contributed by atoms with van der Waals surface area (Å²) in [6.07, 6.45) is 1.40. The first-order valence-electron chi connectivity index (χ1n) is 9.62. The number of hydrogen-bond donors (Lipinski definition) is 0. The summed E-state index contributed by atoms with van der Waals surface area (Å²) in [5.41, 5.74) is 1.20. The number of aromatic nitrogens is 2. The summed E-state index contributed by atoms with van der Waals surface area (Å²) in [6.45, 7) is 0. The summed E-state index contributed by atoms with van der Waals surface area (Å²) in [7, 11) is 0. The maximum absolute atomic E-state index is 13.5. The van der Waals surface area contributed by atoms with Crippen LogP contribution in [0.5, 0.6) is 0 Å². The smallest absolute Gasteiger partial charge is 0.295 e. The van der Waals surface area contributed by atoms with Crippen LogP contribution in [0.25, 0.3) is 27.9 Å². The molecule has 1 unspecified atom stereocenters. The largest absolute Gasteiger partial charge is 0.772 e. The molecule has 1 heterocycles. The first kappa shape index (κ1) is 22.2. The van der Waals surface area contributed by atoms with Crippen LogP contribution in [-0.2, 0) is 16.8 Å². The van der Waals surface area contributed by atoms with E-state index in [-0.39, 0.29) is 22.7 Å². The molecule has 0 saturated heterocycles. The van der Waals surface area contributed by atoms with Crippen LogP contribution in [0.1, 0.15) is 5.56 Å². The van der Waals surface area contributed by atoms with Crippen LogP contribution in [0.2, 0.25) is 0 Å². The van der Waals surface area contributed by atoms with E-state index in [0.29, 0.717) is 22.3 Å². The van der Waals surface area contributed by atoms with Crippen molar-refractivity contribution in [2.45, 2.75) is 5.75 Å². The monoisotopic (exact) mass is 464 g/mol. The van der Waals surface area contributed by atoms with Gasteiger partial charge in [0.1, 0.15) is 11.5 Å². The average molecular weight is 464 g/mol. The SMILES string of the molecule is O=c1c(-c2ccc(F)cc2)c(-c2ccc(CS(=O)[O-])cc2)cnn1-c1ccccc1[N+](=O)[O-]. The number of nitrogens with zero attached hydrogens (tertiary/aromatic N) is 3. The number of hydrogen-bond acceptors (Lipinski definition) is 6. The van der Waals surface area contributed by atoms with Gasteiger partial charge < -0.3 is 4.55 Å². The van der Waals surface area contributed by atoms with Gasteiger partial charge in [0, 0.05) is 17.4 Å². The first-order chi connectivity index (χ1) is 15.8. The molecule has 0 saturated carbocycles. The fourth-order valence-corrected chi connectivity index (χ4v) is 3.92. The fraction of sp³-hybridized carbons (Fsp3) is 0.0435. The maximum atomic E-state index is 13.5. The Bertz CT molecular complexity index is 1420. The van der Waals surface area contributed by atoms with Gasteiger partial charge in [-0.3, -0.25) is 19.1 Å². The average Bonchev–Trinajstić information content (AvgIpc) is 2.80. The summed E-state index contributed by atoms with van der Waals surface area (Å²) in [5.74, 6) is -0.633. The molecular formula is C23H15FN3O5S-. The second-order valence-electron chi connectivity index (χ2n) is 7.05. The molecular weight excluding hydrogens is 449 g/mol. The molecule has 0 fully saturated rings. The summed E-state index contributed by atoms with van der Waals surface area (Å²) in [4.78, 5) is 24.4. The van der Waals surface area contributed by atoms with Gasteiger partial charge in [0.05, 0.1) is 16.7 Å². The van der Waals surface area contributed by atoms with Gasteiger partial charge in [-0.15, -0.1) is 0 Å². The molecule has 0 N–H and O–H groups in total. The predicted molar refractivity (Wildman–Crippen MR) is 120 cm³/mol. The van der Waals surface area contributed by atoms with Crippen molar-refractivity contribution in [2.75, 3.05) is 0 Å². The van der Waals surface area contributed by atoms with Crippen LogP contribution < -0.4 is 5.56 Å². The molecule has 0 aliphatic carbocycles. The number of nitro groups is 1. The maximum Gasteiger partial charge on any atom is 0.295 e. The van der Waals surface area contributed by atoms with E-state index >= 15 is 0 Å². The Morgan fingerprint density at radius 3 is 2.24 bits per heavy atom. The summed E-state index contributed by atoms with van der Waals surface area (Å²) in [6, 6.07) is 17.6. The third kappa shape index (κ3) is 4.61. The molecule has 0 radical (unpaired) electrons. The van der Waals surface area contributed by atoms with Crippen molar-refractivity contribution < 1.29 is 18.1 Å². The van der Waals surface area contributed by atoms with Gasteiger partial charge >= 0.3 is 0 Å². The molecule has 1 aromatic heterocycles. The van der Waals surface area contributed by atoms with E-state index in [0.717, 1.165) is 4.68 Å². The number of nitro benzene ring substituents is 1. The zero-order valence-electron chi connectivity index (χ0n) is 16.9. The summed E-state index contributed by atoms with van der Waals surface area (Å²) >= 11 is -2.24. The Morgan fingerprint density at radius 1 is 0.970 bits per heavy atom. The summed E-state index contributed by atoms with van der Waals surface area (Å²) in [5, 5.41) is 15.6. The van der Waals surface area contributed by atoms with Crippen molar-refractivity contribution in [3.8, 4) is 27.9 Å². The highest BCUT2D eigenvalue weighted by Crippen LogP contribution is 2.30. The zero-order chi connectivity index (χ0) is 23.5. The highest BCUT2D eigenvalue weighted by atomic mass is 32.2. The number of para-hydroxylation sites is 2. The number of rotatable bonds is 6. The minimum atomic E-state index is -2.24. The third-order valence-corrected chi connectivity index (χ3v) is 5.54. The highest BCUT2D eigenvalue weighted by Gasteiger charge is 2.21. The second kappa shape index (κ2) is 9.23. The van der Waals surface area contributed by atoms with Crippen LogP contribution in [-0.4, -0.2) is 23.5 Å². The third-order valence-electron chi connectivity index (χ3n) is 4.97. The van der Waals surface area contributed by atoms with Crippen LogP contribution in [0, 0.1) is 15.9 Å². The number of benzene rings is 3. The standard InChI is InChI=1S/C23H16FN3O5S/c24-18-11-9-17(10-12-18)22-19(16-7-5-15(6-8-16)14-33(31)32)13-25-26(23(22)28)20-3-1-2-4-21(20)27(29)30/h1-13H,14H2,(H,31,32)/p-1.